The third-order valence-corrected chi connectivity index (χ3v) is 4.19. The fourth-order valence-electron chi connectivity index (χ4n) is 3.13. The van der Waals surface area contributed by atoms with Gasteiger partial charge in [-0.2, -0.15) is 0 Å². The highest BCUT2D eigenvalue weighted by Crippen LogP contribution is 2.26. The molecule has 3 aromatic rings. The lowest BCUT2D eigenvalue weighted by Gasteiger charge is -2.14. The van der Waals surface area contributed by atoms with Crippen LogP contribution in [-0.4, -0.2) is 27.2 Å². The van der Waals surface area contributed by atoms with E-state index in [0.717, 1.165) is 48.5 Å². The first-order valence-corrected chi connectivity index (χ1v) is 7.81. The van der Waals surface area contributed by atoms with Gasteiger partial charge in [0.2, 0.25) is 0 Å². The van der Waals surface area contributed by atoms with Gasteiger partial charge >= 0.3 is 0 Å². The molecule has 0 N–H and O–H groups in total. The van der Waals surface area contributed by atoms with E-state index in [1.165, 1.54) is 5.56 Å². The summed E-state index contributed by atoms with van der Waals surface area (Å²) < 4.78 is 8.02. The normalized spacial score (nSPS) is 18.1. The zero-order valence-electron chi connectivity index (χ0n) is 12.7. The SMILES string of the molecule is Cc1cccc(-c2nc3cccnc3n2CC2CCCO2)c1. The zero-order valence-corrected chi connectivity index (χ0v) is 12.7. The minimum Gasteiger partial charge on any atom is -0.376 e. The van der Waals surface area contributed by atoms with E-state index >= 15 is 0 Å². The lowest BCUT2D eigenvalue weighted by molar-refractivity contribution is 0.0981. The number of ether oxygens (including phenoxy) is 1. The summed E-state index contributed by atoms with van der Waals surface area (Å²) in [7, 11) is 0. The largest absolute Gasteiger partial charge is 0.376 e. The van der Waals surface area contributed by atoms with Crippen LogP contribution in [0.4, 0.5) is 0 Å². The van der Waals surface area contributed by atoms with Gasteiger partial charge in [0.25, 0.3) is 0 Å². The predicted molar refractivity (Wildman–Crippen MR) is 86.7 cm³/mol. The molecule has 1 atom stereocenters. The summed E-state index contributed by atoms with van der Waals surface area (Å²) in [4.78, 5) is 9.35. The highest BCUT2D eigenvalue weighted by Gasteiger charge is 2.20. The number of benzene rings is 1. The molecule has 0 aliphatic carbocycles. The molecule has 0 amide bonds. The highest BCUT2D eigenvalue weighted by atomic mass is 16.5. The molecule has 4 nitrogen and oxygen atoms in total. The lowest BCUT2D eigenvalue weighted by atomic mass is 10.1. The van der Waals surface area contributed by atoms with Crippen LogP contribution in [0.2, 0.25) is 0 Å². The molecule has 4 heteroatoms. The van der Waals surface area contributed by atoms with E-state index in [9.17, 15) is 0 Å². The average Bonchev–Trinajstić information content (AvgIpc) is 3.16. The van der Waals surface area contributed by atoms with E-state index in [1.54, 1.807) is 0 Å². The molecule has 1 unspecified atom stereocenters. The maximum Gasteiger partial charge on any atom is 0.160 e. The summed E-state index contributed by atoms with van der Waals surface area (Å²) in [5.74, 6) is 0.980. The molecular weight excluding hydrogens is 274 g/mol. The molecule has 2 aromatic heterocycles. The van der Waals surface area contributed by atoms with Crippen molar-refractivity contribution in [2.24, 2.45) is 0 Å². The molecule has 1 aromatic carbocycles. The first kappa shape index (κ1) is 13.5. The summed E-state index contributed by atoms with van der Waals surface area (Å²) in [6, 6.07) is 12.4. The number of hydrogen-bond donors (Lipinski definition) is 0. The minimum absolute atomic E-state index is 0.267. The predicted octanol–water partition coefficient (Wildman–Crippen LogP) is 3.59. The second kappa shape index (κ2) is 5.54. The molecule has 1 aliphatic rings. The Morgan fingerprint density at radius 2 is 2.23 bits per heavy atom. The molecule has 1 fully saturated rings. The standard InChI is InChI=1S/C18H19N3O/c1-13-5-2-6-14(11-13)17-20-16-8-3-9-19-18(16)21(17)12-15-7-4-10-22-15/h2-3,5-6,8-9,11,15H,4,7,10,12H2,1H3. The Labute approximate surface area is 129 Å². The maximum atomic E-state index is 5.81. The van der Waals surface area contributed by atoms with E-state index in [2.05, 4.69) is 40.7 Å². The quantitative estimate of drug-likeness (QED) is 0.741. The fraction of sp³-hybridized carbons (Fsp3) is 0.333. The number of aryl methyl sites for hydroxylation is 1. The molecule has 112 valence electrons. The van der Waals surface area contributed by atoms with Crippen molar-refractivity contribution in [2.75, 3.05) is 6.61 Å². The van der Waals surface area contributed by atoms with Gasteiger partial charge in [0.15, 0.2) is 5.65 Å². The van der Waals surface area contributed by atoms with Crippen LogP contribution in [0, 0.1) is 6.92 Å². The summed E-state index contributed by atoms with van der Waals surface area (Å²) >= 11 is 0. The van der Waals surface area contributed by atoms with Crippen LogP contribution < -0.4 is 0 Å². The third-order valence-electron chi connectivity index (χ3n) is 4.19. The van der Waals surface area contributed by atoms with Gasteiger partial charge in [0.1, 0.15) is 11.3 Å². The van der Waals surface area contributed by atoms with E-state index in [1.807, 2.05) is 18.3 Å². The van der Waals surface area contributed by atoms with Crippen LogP contribution in [0.15, 0.2) is 42.6 Å². The molecule has 0 saturated carbocycles. The number of pyridine rings is 1. The van der Waals surface area contributed by atoms with Crippen molar-refractivity contribution in [3.63, 3.8) is 0 Å². The lowest BCUT2D eigenvalue weighted by Crippen LogP contribution is -2.16. The topological polar surface area (TPSA) is 39.9 Å². The highest BCUT2D eigenvalue weighted by molar-refractivity contribution is 5.77. The molecule has 1 aliphatic heterocycles. The van der Waals surface area contributed by atoms with Crippen LogP contribution >= 0.6 is 0 Å². The second-order valence-electron chi connectivity index (χ2n) is 5.90. The van der Waals surface area contributed by atoms with Gasteiger partial charge in [0.05, 0.1) is 12.6 Å². The number of hydrogen-bond acceptors (Lipinski definition) is 3. The number of imidazole rings is 1. The first-order valence-electron chi connectivity index (χ1n) is 7.81. The van der Waals surface area contributed by atoms with Crippen molar-refractivity contribution >= 4 is 11.2 Å². The molecule has 0 spiro atoms. The van der Waals surface area contributed by atoms with Gasteiger partial charge in [-0.1, -0.05) is 23.8 Å². The third kappa shape index (κ3) is 2.40. The Balaban J connectivity index is 1.85. The van der Waals surface area contributed by atoms with Crippen molar-refractivity contribution < 1.29 is 4.74 Å². The molecule has 0 bridgehead atoms. The number of aromatic nitrogens is 3. The molecule has 4 rings (SSSR count). The van der Waals surface area contributed by atoms with Crippen LogP contribution in [0.25, 0.3) is 22.6 Å². The first-order chi connectivity index (χ1) is 10.8. The van der Waals surface area contributed by atoms with E-state index in [-0.39, 0.29) is 6.10 Å². The van der Waals surface area contributed by atoms with Crippen LogP contribution in [-0.2, 0) is 11.3 Å². The maximum absolute atomic E-state index is 5.81. The van der Waals surface area contributed by atoms with Crippen molar-refractivity contribution in [1.82, 2.24) is 14.5 Å². The van der Waals surface area contributed by atoms with Gasteiger partial charge in [-0.3, -0.25) is 0 Å². The average molecular weight is 293 g/mol. The molecule has 3 heterocycles. The van der Waals surface area contributed by atoms with Crippen molar-refractivity contribution in [1.29, 1.82) is 0 Å². The molecule has 1 saturated heterocycles. The van der Waals surface area contributed by atoms with Crippen molar-refractivity contribution in [2.45, 2.75) is 32.4 Å². The zero-order chi connectivity index (χ0) is 14.9. The molecular formula is C18H19N3O. The number of nitrogens with zero attached hydrogens (tertiary/aromatic N) is 3. The Kier molecular flexibility index (Phi) is 3.39. The number of fused-ring (bicyclic) bond motifs is 1. The Morgan fingerprint density at radius 1 is 1.27 bits per heavy atom. The van der Waals surface area contributed by atoms with Gasteiger partial charge in [-0.15, -0.1) is 0 Å². The van der Waals surface area contributed by atoms with Crippen molar-refractivity contribution in [3.05, 3.63) is 48.2 Å². The smallest absolute Gasteiger partial charge is 0.160 e. The summed E-state index contributed by atoms with van der Waals surface area (Å²) in [5, 5.41) is 0. The van der Waals surface area contributed by atoms with E-state index in [4.69, 9.17) is 9.72 Å². The van der Waals surface area contributed by atoms with Crippen molar-refractivity contribution in [3.8, 4) is 11.4 Å². The van der Waals surface area contributed by atoms with Gasteiger partial charge in [-0.25, -0.2) is 9.97 Å². The monoisotopic (exact) mass is 293 g/mol. The molecule has 0 radical (unpaired) electrons. The minimum atomic E-state index is 0.267. The van der Waals surface area contributed by atoms with Crippen LogP contribution in [0.5, 0.6) is 0 Å². The summed E-state index contributed by atoms with van der Waals surface area (Å²) in [6.45, 7) is 3.79. The van der Waals surface area contributed by atoms with Gasteiger partial charge in [0, 0.05) is 18.4 Å². The fourth-order valence-corrected chi connectivity index (χ4v) is 3.13. The van der Waals surface area contributed by atoms with Crippen LogP contribution in [0.1, 0.15) is 18.4 Å². The van der Waals surface area contributed by atoms with E-state index < -0.39 is 0 Å². The van der Waals surface area contributed by atoms with E-state index in [0.29, 0.717) is 0 Å². The summed E-state index contributed by atoms with van der Waals surface area (Å²) in [6.07, 6.45) is 4.35. The summed E-state index contributed by atoms with van der Waals surface area (Å²) in [5.41, 5.74) is 4.25. The van der Waals surface area contributed by atoms with Crippen LogP contribution in [0.3, 0.4) is 0 Å². The second-order valence-corrected chi connectivity index (χ2v) is 5.90. The molecule has 22 heavy (non-hydrogen) atoms. The van der Waals surface area contributed by atoms with Gasteiger partial charge < -0.3 is 9.30 Å². The Morgan fingerprint density at radius 3 is 3.05 bits per heavy atom. The number of rotatable bonds is 3. The van der Waals surface area contributed by atoms with Gasteiger partial charge in [-0.05, 0) is 38.0 Å². The Hall–Kier alpha value is -2.20. The Bertz CT molecular complexity index is 803.